The van der Waals surface area contributed by atoms with E-state index in [-0.39, 0.29) is 11.1 Å². The van der Waals surface area contributed by atoms with Gasteiger partial charge in [0.25, 0.3) is 0 Å². The molecule has 0 amide bonds. The molecule has 0 saturated carbocycles. The van der Waals surface area contributed by atoms with Crippen LogP contribution in [0.2, 0.25) is 0 Å². The molecule has 0 aliphatic heterocycles. The highest BCUT2D eigenvalue weighted by atomic mass is 19.1. The highest BCUT2D eigenvalue weighted by molar-refractivity contribution is 5.67. The Morgan fingerprint density at radius 1 is 1.00 bits per heavy atom. The van der Waals surface area contributed by atoms with Crippen LogP contribution in [0.25, 0.3) is 11.1 Å². The van der Waals surface area contributed by atoms with Gasteiger partial charge in [0, 0.05) is 17.7 Å². The summed E-state index contributed by atoms with van der Waals surface area (Å²) in [6, 6.07) is 6.04. The Hall–Kier alpha value is -2.37. The lowest BCUT2D eigenvalue weighted by Crippen LogP contribution is -1.96. The predicted octanol–water partition coefficient (Wildman–Crippen LogP) is 3.68. The number of hydrogen-bond donors (Lipinski definition) is 0. The summed E-state index contributed by atoms with van der Waals surface area (Å²) in [6.07, 6.45) is 0. The van der Waals surface area contributed by atoms with Gasteiger partial charge in [-0.1, -0.05) is 12.1 Å². The first kappa shape index (κ1) is 12.1. The van der Waals surface area contributed by atoms with Crippen LogP contribution in [0.4, 0.5) is 18.9 Å². The topological polar surface area (TPSA) is 43.1 Å². The van der Waals surface area contributed by atoms with E-state index in [1.165, 1.54) is 12.1 Å². The molecule has 0 atom stereocenters. The summed E-state index contributed by atoms with van der Waals surface area (Å²) in [5, 5.41) is 10.6. The van der Waals surface area contributed by atoms with Crippen molar-refractivity contribution in [3.8, 4) is 11.1 Å². The summed E-state index contributed by atoms with van der Waals surface area (Å²) >= 11 is 0. The van der Waals surface area contributed by atoms with Crippen LogP contribution in [0.5, 0.6) is 0 Å². The Balaban J connectivity index is 2.64. The number of nitrogens with zero attached hydrogens (tertiary/aromatic N) is 1. The van der Waals surface area contributed by atoms with E-state index in [4.69, 9.17) is 0 Å². The summed E-state index contributed by atoms with van der Waals surface area (Å²) in [7, 11) is 0. The lowest BCUT2D eigenvalue weighted by atomic mass is 10.0. The minimum Gasteiger partial charge on any atom is -0.258 e. The maximum atomic E-state index is 13.5. The minimum atomic E-state index is -1.27. The molecule has 3 nitrogen and oxygen atoms in total. The predicted molar refractivity (Wildman–Crippen MR) is 58.4 cm³/mol. The lowest BCUT2D eigenvalue weighted by molar-refractivity contribution is -0.387. The van der Waals surface area contributed by atoms with Gasteiger partial charge in [0.1, 0.15) is 11.6 Å². The van der Waals surface area contributed by atoms with E-state index in [9.17, 15) is 23.3 Å². The van der Waals surface area contributed by atoms with Crippen LogP contribution in [0, 0.1) is 27.6 Å². The van der Waals surface area contributed by atoms with Gasteiger partial charge in [-0.2, -0.15) is 4.39 Å². The van der Waals surface area contributed by atoms with Crippen molar-refractivity contribution in [3.63, 3.8) is 0 Å². The molecule has 2 aromatic carbocycles. The molecule has 0 aromatic heterocycles. The largest absolute Gasteiger partial charge is 0.305 e. The monoisotopic (exact) mass is 253 g/mol. The number of rotatable bonds is 2. The third kappa shape index (κ3) is 2.17. The van der Waals surface area contributed by atoms with Crippen LogP contribution < -0.4 is 0 Å². The molecular formula is C12H6F3NO2. The van der Waals surface area contributed by atoms with Gasteiger partial charge in [-0.05, 0) is 17.7 Å². The van der Waals surface area contributed by atoms with Gasteiger partial charge in [0.2, 0.25) is 5.82 Å². The van der Waals surface area contributed by atoms with Crippen molar-refractivity contribution in [2.75, 3.05) is 0 Å². The van der Waals surface area contributed by atoms with E-state index >= 15 is 0 Å². The van der Waals surface area contributed by atoms with Crippen molar-refractivity contribution in [2.45, 2.75) is 0 Å². The first-order chi connectivity index (χ1) is 8.49. The summed E-state index contributed by atoms with van der Waals surface area (Å²) in [4.78, 5) is 9.59. The standard InChI is InChI=1S/C12H6F3NO2/c13-8-3-1-2-7(4-8)9-5-12(16(17)18)11(15)6-10(9)14/h1-6H. The molecule has 0 bridgehead atoms. The van der Waals surface area contributed by atoms with Crippen LogP contribution in [0.1, 0.15) is 0 Å². The van der Waals surface area contributed by atoms with E-state index in [0.717, 1.165) is 18.2 Å². The van der Waals surface area contributed by atoms with Crippen molar-refractivity contribution in [1.82, 2.24) is 0 Å². The zero-order valence-electron chi connectivity index (χ0n) is 8.86. The second-order valence-electron chi connectivity index (χ2n) is 3.55. The summed E-state index contributed by atoms with van der Waals surface area (Å²) in [5.41, 5.74) is -0.964. The molecule has 0 unspecified atom stereocenters. The van der Waals surface area contributed by atoms with Crippen molar-refractivity contribution in [2.24, 2.45) is 0 Å². The zero-order chi connectivity index (χ0) is 13.3. The Kier molecular flexibility index (Phi) is 3.01. The average molecular weight is 253 g/mol. The van der Waals surface area contributed by atoms with Crippen molar-refractivity contribution in [1.29, 1.82) is 0 Å². The first-order valence-corrected chi connectivity index (χ1v) is 4.88. The molecule has 2 aromatic rings. The molecule has 2 rings (SSSR count). The smallest absolute Gasteiger partial charge is 0.258 e. The Morgan fingerprint density at radius 3 is 2.33 bits per heavy atom. The van der Waals surface area contributed by atoms with Gasteiger partial charge in [-0.15, -0.1) is 0 Å². The van der Waals surface area contributed by atoms with Crippen molar-refractivity contribution < 1.29 is 18.1 Å². The number of hydrogen-bond acceptors (Lipinski definition) is 2. The Labute approximate surface area is 99.6 Å². The fourth-order valence-corrected chi connectivity index (χ4v) is 1.55. The van der Waals surface area contributed by atoms with Gasteiger partial charge in [-0.25, -0.2) is 8.78 Å². The number of nitro groups is 1. The molecule has 0 N–H and O–H groups in total. The lowest BCUT2D eigenvalue weighted by Gasteiger charge is -2.04. The first-order valence-electron chi connectivity index (χ1n) is 4.88. The number of halogens is 3. The fourth-order valence-electron chi connectivity index (χ4n) is 1.55. The van der Waals surface area contributed by atoms with Gasteiger partial charge >= 0.3 is 5.69 Å². The van der Waals surface area contributed by atoms with Crippen molar-refractivity contribution in [3.05, 3.63) is 64.0 Å². The quantitative estimate of drug-likeness (QED) is 0.605. The summed E-state index contributed by atoms with van der Waals surface area (Å²) in [6.45, 7) is 0. The SMILES string of the molecule is O=[N+]([O-])c1cc(-c2cccc(F)c2)c(F)cc1F. The van der Waals surface area contributed by atoms with Gasteiger partial charge in [0.15, 0.2) is 0 Å². The van der Waals surface area contributed by atoms with E-state index in [1.807, 2.05) is 0 Å². The van der Waals surface area contributed by atoms with Crippen LogP contribution in [-0.4, -0.2) is 4.92 Å². The van der Waals surface area contributed by atoms with Gasteiger partial charge in [0.05, 0.1) is 4.92 Å². The molecule has 0 saturated heterocycles. The third-order valence-corrected chi connectivity index (χ3v) is 2.37. The molecular weight excluding hydrogens is 247 g/mol. The van der Waals surface area contributed by atoms with Gasteiger partial charge < -0.3 is 0 Å². The maximum Gasteiger partial charge on any atom is 0.305 e. The van der Waals surface area contributed by atoms with E-state index < -0.39 is 28.1 Å². The van der Waals surface area contributed by atoms with Gasteiger partial charge in [-0.3, -0.25) is 10.1 Å². The summed E-state index contributed by atoms with van der Waals surface area (Å²) < 4.78 is 39.6. The molecule has 0 aliphatic rings. The second kappa shape index (κ2) is 4.48. The maximum absolute atomic E-state index is 13.5. The summed E-state index contributed by atoms with van der Waals surface area (Å²) in [5.74, 6) is -2.86. The molecule has 6 heteroatoms. The highest BCUT2D eigenvalue weighted by Crippen LogP contribution is 2.29. The van der Waals surface area contributed by atoms with E-state index in [1.54, 1.807) is 0 Å². The minimum absolute atomic E-state index is 0.107. The third-order valence-electron chi connectivity index (χ3n) is 2.37. The molecule has 18 heavy (non-hydrogen) atoms. The molecule has 92 valence electrons. The van der Waals surface area contributed by atoms with Crippen LogP contribution >= 0.6 is 0 Å². The van der Waals surface area contributed by atoms with Crippen molar-refractivity contribution >= 4 is 5.69 Å². The van der Waals surface area contributed by atoms with E-state index in [0.29, 0.717) is 6.07 Å². The number of benzene rings is 2. The van der Waals surface area contributed by atoms with Crippen LogP contribution in [0.15, 0.2) is 36.4 Å². The Bertz CT molecular complexity index is 629. The molecule has 0 heterocycles. The average Bonchev–Trinajstić information content (AvgIpc) is 2.28. The Morgan fingerprint density at radius 2 is 1.72 bits per heavy atom. The zero-order valence-corrected chi connectivity index (χ0v) is 8.86. The van der Waals surface area contributed by atoms with E-state index in [2.05, 4.69) is 0 Å². The molecule has 0 radical (unpaired) electrons. The normalized spacial score (nSPS) is 10.4. The molecule has 0 spiro atoms. The highest BCUT2D eigenvalue weighted by Gasteiger charge is 2.19. The van der Waals surface area contributed by atoms with Crippen LogP contribution in [0.3, 0.4) is 0 Å². The van der Waals surface area contributed by atoms with Crippen LogP contribution in [-0.2, 0) is 0 Å². The fraction of sp³-hybridized carbons (Fsp3) is 0. The number of nitro benzene ring substituents is 1. The molecule has 0 aliphatic carbocycles. The molecule has 0 fully saturated rings. The second-order valence-corrected chi connectivity index (χ2v) is 3.55.